The molecule has 2 N–H and O–H groups in total. The predicted octanol–water partition coefficient (Wildman–Crippen LogP) is -0.921. The topological polar surface area (TPSA) is 92.4 Å². The first-order valence-electron chi connectivity index (χ1n) is 3.91. The second-order valence-electron chi connectivity index (χ2n) is 3.11. The van der Waals surface area contributed by atoms with Gasteiger partial charge in [0, 0.05) is 12.4 Å². The molecule has 1 aromatic heterocycles. The maximum Gasteiger partial charge on any atom is 0.347 e. The molecule has 0 amide bonds. The third-order valence-electron chi connectivity index (χ3n) is 1.72. The van der Waals surface area contributed by atoms with Crippen molar-refractivity contribution in [3.63, 3.8) is 0 Å². The Morgan fingerprint density at radius 2 is 2.36 bits per heavy atom. The van der Waals surface area contributed by atoms with Crippen LogP contribution in [0.15, 0.2) is 23.3 Å². The summed E-state index contributed by atoms with van der Waals surface area (Å²) in [7, 11) is 0. The third kappa shape index (κ3) is 2.17. The van der Waals surface area contributed by atoms with Crippen molar-refractivity contribution in [2.45, 2.75) is 19.1 Å². The first kappa shape index (κ1) is 10.4. The predicted molar refractivity (Wildman–Crippen MR) is 46.8 cm³/mol. The fraction of sp³-hybridized carbons (Fsp3) is 0.375. The summed E-state index contributed by atoms with van der Waals surface area (Å²) >= 11 is 0. The van der Waals surface area contributed by atoms with Gasteiger partial charge in [-0.3, -0.25) is 4.57 Å². The fourth-order valence-corrected chi connectivity index (χ4v) is 0.907. The average Bonchev–Trinajstić information content (AvgIpc) is 2.08. The Morgan fingerprint density at radius 3 is 2.86 bits per heavy atom. The van der Waals surface area contributed by atoms with E-state index < -0.39 is 17.3 Å². The Bertz CT molecular complexity index is 396. The zero-order valence-electron chi connectivity index (χ0n) is 7.54. The molecule has 0 bridgehead atoms. The number of carbonyl (C=O) groups is 1. The van der Waals surface area contributed by atoms with Crippen molar-refractivity contribution < 1.29 is 15.0 Å². The highest BCUT2D eigenvalue weighted by Gasteiger charge is 2.30. The molecule has 1 aromatic rings. The monoisotopic (exact) mass is 198 g/mol. The quantitative estimate of drug-likeness (QED) is 0.655. The third-order valence-corrected chi connectivity index (χ3v) is 1.72. The summed E-state index contributed by atoms with van der Waals surface area (Å²) in [6.07, 6.45) is 2.67. The van der Waals surface area contributed by atoms with Gasteiger partial charge in [-0.15, -0.1) is 0 Å². The number of carboxylic acids is 1. The molecule has 6 heteroatoms. The maximum atomic E-state index is 11.1. The lowest BCUT2D eigenvalue weighted by Crippen LogP contribution is -2.42. The van der Waals surface area contributed by atoms with Crippen LogP contribution in [0, 0.1) is 0 Å². The zero-order chi connectivity index (χ0) is 10.8. The number of carboxylic acid groups (broad SMARTS) is 1. The van der Waals surface area contributed by atoms with E-state index in [4.69, 9.17) is 5.11 Å². The first-order chi connectivity index (χ1) is 6.43. The standard InChI is InChI=1S/C8H10N2O4/c1-8(14,6(11)12)5-10-4-2-3-9-7(10)13/h2-4,14H,5H2,1H3,(H,11,12)/t8-/m1/s1. The van der Waals surface area contributed by atoms with Gasteiger partial charge in [-0.05, 0) is 13.0 Å². The molecule has 0 saturated heterocycles. The Kier molecular flexibility index (Phi) is 2.66. The molecule has 1 heterocycles. The van der Waals surface area contributed by atoms with Gasteiger partial charge in [0.1, 0.15) is 0 Å². The van der Waals surface area contributed by atoms with Crippen LogP contribution in [0.25, 0.3) is 0 Å². The van der Waals surface area contributed by atoms with Crippen LogP contribution in [0.2, 0.25) is 0 Å². The van der Waals surface area contributed by atoms with Crippen molar-refractivity contribution in [2.24, 2.45) is 0 Å². The van der Waals surface area contributed by atoms with Gasteiger partial charge >= 0.3 is 11.7 Å². The largest absolute Gasteiger partial charge is 0.479 e. The second kappa shape index (κ2) is 3.59. The van der Waals surface area contributed by atoms with Crippen molar-refractivity contribution in [1.82, 2.24) is 9.55 Å². The van der Waals surface area contributed by atoms with E-state index in [1.165, 1.54) is 18.5 Å². The number of hydrogen-bond donors (Lipinski definition) is 2. The van der Waals surface area contributed by atoms with Crippen LogP contribution in [0.3, 0.4) is 0 Å². The summed E-state index contributed by atoms with van der Waals surface area (Å²) in [5, 5.41) is 18.0. The number of aliphatic hydroxyl groups is 1. The minimum atomic E-state index is -1.97. The molecule has 0 radical (unpaired) electrons. The van der Waals surface area contributed by atoms with Gasteiger partial charge in [-0.25, -0.2) is 14.6 Å². The molecule has 14 heavy (non-hydrogen) atoms. The first-order valence-corrected chi connectivity index (χ1v) is 3.91. The minimum absolute atomic E-state index is 0.324. The summed E-state index contributed by atoms with van der Waals surface area (Å²) < 4.78 is 1.04. The van der Waals surface area contributed by atoms with Gasteiger partial charge in [0.2, 0.25) is 0 Å². The normalized spacial score (nSPS) is 14.7. The minimum Gasteiger partial charge on any atom is -0.479 e. The Balaban J connectivity index is 2.95. The number of nitrogens with zero attached hydrogens (tertiary/aromatic N) is 2. The van der Waals surface area contributed by atoms with Crippen LogP contribution in [-0.2, 0) is 11.3 Å². The van der Waals surface area contributed by atoms with Gasteiger partial charge < -0.3 is 10.2 Å². The Labute approximate surface area is 79.5 Å². The lowest BCUT2D eigenvalue weighted by molar-refractivity contribution is -0.157. The molecule has 1 atom stereocenters. The van der Waals surface area contributed by atoms with Crippen molar-refractivity contribution in [2.75, 3.05) is 0 Å². The van der Waals surface area contributed by atoms with Crippen molar-refractivity contribution >= 4 is 5.97 Å². The van der Waals surface area contributed by atoms with Crippen LogP contribution in [0.4, 0.5) is 0 Å². The van der Waals surface area contributed by atoms with E-state index in [9.17, 15) is 14.7 Å². The number of aliphatic carboxylic acids is 1. The van der Waals surface area contributed by atoms with Crippen LogP contribution < -0.4 is 5.69 Å². The molecule has 0 fully saturated rings. The van der Waals surface area contributed by atoms with Crippen molar-refractivity contribution in [3.8, 4) is 0 Å². The van der Waals surface area contributed by atoms with E-state index >= 15 is 0 Å². The molecule has 0 spiro atoms. The highest BCUT2D eigenvalue weighted by Crippen LogP contribution is 2.05. The van der Waals surface area contributed by atoms with E-state index in [1.54, 1.807) is 0 Å². The summed E-state index contributed by atoms with van der Waals surface area (Å²) in [6.45, 7) is 0.795. The van der Waals surface area contributed by atoms with Crippen LogP contribution >= 0.6 is 0 Å². The molecular weight excluding hydrogens is 188 g/mol. The molecule has 1 rings (SSSR count). The fourth-order valence-electron chi connectivity index (χ4n) is 0.907. The molecular formula is C8H10N2O4. The summed E-state index contributed by atoms with van der Waals surface area (Å²) in [6, 6.07) is 1.49. The highest BCUT2D eigenvalue weighted by atomic mass is 16.4. The SMILES string of the molecule is C[C@@](O)(Cn1cccnc1=O)C(=O)O. The zero-order valence-corrected chi connectivity index (χ0v) is 7.54. The lowest BCUT2D eigenvalue weighted by atomic mass is 10.1. The smallest absolute Gasteiger partial charge is 0.347 e. The van der Waals surface area contributed by atoms with Crippen LogP contribution in [0.5, 0.6) is 0 Å². The molecule has 0 aromatic carbocycles. The van der Waals surface area contributed by atoms with Crippen molar-refractivity contribution in [3.05, 3.63) is 28.9 Å². The lowest BCUT2D eigenvalue weighted by Gasteiger charge is -2.18. The van der Waals surface area contributed by atoms with Gasteiger partial charge in [0.05, 0.1) is 6.54 Å². The Morgan fingerprint density at radius 1 is 1.71 bits per heavy atom. The van der Waals surface area contributed by atoms with E-state index in [2.05, 4.69) is 4.98 Å². The molecule has 0 saturated carbocycles. The average molecular weight is 198 g/mol. The van der Waals surface area contributed by atoms with Gasteiger partial charge in [-0.2, -0.15) is 0 Å². The molecule has 0 aliphatic carbocycles. The molecule has 0 aliphatic heterocycles. The summed E-state index contributed by atoms with van der Waals surface area (Å²) in [5.74, 6) is -1.38. The number of aromatic nitrogens is 2. The van der Waals surface area contributed by atoms with E-state index in [0.717, 1.165) is 11.5 Å². The molecule has 0 aliphatic rings. The number of rotatable bonds is 3. The van der Waals surface area contributed by atoms with Gasteiger partial charge in [0.25, 0.3) is 0 Å². The summed E-state index contributed by atoms with van der Waals surface area (Å²) in [4.78, 5) is 25.0. The van der Waals surface area contributed by atoms with Crippen LogP contribution in [0.1, 0.15) is 6.92 Å². The van der Waals surface area contributed by atoms with E-state index in [-0.39, 0.29) is 6.54 Å². The van der Waals surface area contributed by atoms with Crippen LogP contribution in [-0.4, -0.2) is 31.3 Å². The Hall–Kier alpha value is -1.69. The van der Waals surface area contributed by atoms with Gasteiger partial charge in [0.15, 0.2) is 5.60 Å². The maximum absolute atomic E-state index is 11.1. The van der Waals surface area contributed by atoms with E-state index in [0.29, 0.717) is 0 Å². The molecule has 0 unspecified atom stereocenters. The highest BCUT2D eigenvalue weighted by molar-refractivity contribution is 5.76. The molecule has 76 valence electrons. The molecule has 6 nitrogen and oxygen atoms in total. The second-order valence-corrected chi connectivity index (χ2v) is 3.11. The van der Waals surface area contributed by atoms with E-state index in [1.807, 2.05) is 0 Å². The van der Waals surface area contributed by atoms with Gasteiger partial charge in [-0.1, -0.05) is 0 Å². The van der Waals surface area contributed by atoms with Crippen molar-refractivity contribution in [1.29, 1.82) is 0 Å². The summed E-state index contributed by atoms with van der Waals surface area (Å²) in [5.41, 5.74) is -2.55. The number of hydrogen-bond acceptors (Lipinski definition) is 4.